The largest absolute Gasteiger partial charge is 0.465 e. The predicted molar refractivity (Wildman–Crippen MR) is 114 cm³/mol. The number of hydrogen-bond acceptors (Lipinski definition) is 4. The summed E-state index contributed by atoms with van der Waals surface area (Å²) in [6.45, 7) is 2.10. The average Bonchev–Trinajstić information content (AvgIpc) is 3.00. The van der Waals surface area contributed by atoms with Crippen molar-refractivity contribution in [2.24, 2.45) is 0 Å². The van der Waals surface area contributed by atoms with Gasteiger partial charge in [-0.25, -0.2) is 4.79 Å². The summed E-state index contributed by atoms with van der Waals surface area (Å²) in [5, 5.41) is 12.5. The van der Waals surface area contributed by atoms with E-state index in [9.17, 15) is 14.7 Å². The molecule has 1 aliphatic heterocycles. The van der Waals surface area contributed by atoms with Crippen molar-refractivity contribution in [3.8, 4) is 0 Å². The lowest BCUT2D eigenvalue weighted by Gasteiger charge is -2.18. The maximum absolute atomic E-state index is 13.3. The lowest BCUT2D eigenvalue weighted by Crippen LogP contribution is -2.34. The summed E-state index contributed by atoms with van der Waals surface area (Å²) in [6.07, 6.45) is 3.33. The zero-order valence-electron chi connectivity index (χ0n) is 17.0. The van der Waals surface area contributed by atoms with Crippen molar-refractivity contribution in [2.45, 2.75) is 26.0 Å². The first-order valence-corrected chi connectivity index (χ1v) is 9.86. The fourth-order valence-corrected chi connectivity index (χ4v) is 4.00. The van der Waals surface area contributed by atoms with E-state index in [4.69, 9.17) is 4.74 Å². The number of carbonyl (C=O) groups is 2. The molecule has 1 amide bonds. The van der Waals surface area contributed by atoms with Crippen molar-refractivity contribution in [1.29, 1.82) is 0 Å². The van der Waals surface area contributed by atoms with Gasteiger partial charge in [0, 0.05) is 5.70 Å². The second kappa shape index (κ2) is 8.13. The predicted octanol–water partition coefficient (Wildman–Crippen LogP) is 1.80. The second-order valence-electron chi connectivity index (χ2n) is 7.39. The minimum atomic E-state index is -0.748. The molecule has 1 aliphatic carbocycles. The molecule has 1 heterocycles. The van der Waals surface area contributed by atoms with Gasteiger partial charge in [0.05, 0.1) is 30.9 Å². The van der Waals surface area contributed by atoms with Crippen LogP contribution < -0.4 is 10.4 Å². The first kappa shape index (κ1) is 19.9. The van der Waals surface area contributed by atoms with Crippen molar-refractivity contribution < 1.29 is 19.4 Å². The van der Waals surface area contributed by atoms with Crippen molar-refractivity contribution in [1.82, 2.24) is 4.90 Å². The van der Waals surface area contributed by atoms with Gasteiger partial charge in [0.25, 0.3) is 5.91 Å². The highest BCUT2D eigenvalue weighted by atomic mass is 16.5. The molecule has 0 spiro atoms. The lowest BCUT2D eigenvalue weighted by molar-refractivity contribution is -0.136. The lowest BCUT2D eigenvalue weighted by atomic mass is 9.93. The van der Waals surface area contributed by atoms with E-state index in [-0.39, 0.29) is 17.1 Å². The molecular weight excluding hydrogens is 378 g/mol. The van der Waals surface area contributed by atoms with E-state index < -0.39 is 12.1 Å². The third-order valence-corrected chi connectivity index (χ3v) is 5.58. The van der Waals surface area contributed by atoms with Gasteiger partial charge in [0.2, 0.25) is 0 Å². The van der Waals surface area contributed by atoms with Gasteiger partial charge in [0.1, 0.15) is 0 Å². The summed E-state index contributed by atoms with van der Waals surface area (Å²) in [6, 6.07) is 17.3. The molecule has 30 heavy (non-hydrogen) atoms. The Morgan fingerprint density at radius 2 is 1.87 bits per heavy atom. The van der Waals surface area contributed by atoms with Gasteiger partial charge in [-0.2, -0.15) is 0 Å². The number of fused-ring (bicyclic) bond motifs is 1. The second-order valence-corrected chi connectivity index (χ2v) is 7.39. The van der Waals surface area contributed by atoms with Crippen LogP contribution in [-0.2, 0) is 20.9 Å². The van der Waals surface area contributed by atoms with Crippen LogP contribution in [0, 0.1) is 0 Å². The minimum Gasteiger partial charge on any atom is -0.465 e. The number of aliphatic hydroxyl groups excluding tert-OH is 1. The number of amides is 1. The van der Waals surface area contributed by atoms with Gasteiger partial charge in [-0.1, -0.05) is 60.7 Å². The van der Waals surface area contributed by atoms with E-state index in [1.54, 1.807) is 17.9 Å². The Labute approximate surface area is 174 Å². The molecule has 1 unspecified atom stereocenters. The topological polar surface area (TPSA) is 66.8 Å². The number of carbonyl (C=O) groups excluding carboxylic acids is 2. The molecule has 2 aromatic carbocycles. The number of aliphatic hydroxyl groups is 1. The maximum atomic E-state index is 13.3. The Hall–Kier alpha value is -3.44. The Balaban J connectivity index is 1.85. The Morgan fingerprint density at radius 1 is 1.17 bits per heavy atom. The van der Waals surface area contributed by atoms with Crippen LogP contribution in [0.1, 0.15) is 18.9 Å². The van der Waals surface area contributed by atoms with E-state index in [0.29, 0.717) is 24.2 Å². The van der Waals surface area contributed by atoms with E-state index >= 15 is 0 Å². The Morgan fingerprint density at radius 3 is 2.60 bits per heavy atom. The molecule has 0 saturated carbocycles. The highest BCUT2D eigenvalue weighted by Crippen LogP contribution is 2.33. The molecule has 4 rings (SSSR count). The molecule has 5 nitrogen and oxygen atoms in total. The SMILES string of the molecule is COC(=O)C1=C(C)N(Cc2ccccc2)C(=O)C1=CC1=c2ccccc2=CCC1O. The summed E-state index contributed by atoms with van der Waals surface area (Å²) in [5.74, 6) is -0.836. The van der Waals surface area contributed by atoms with Gasteiger partial charge < -0.3 is 14.7 Å². The van der Waals surface area contributed by atoms with Gasteiger partial charge in [-0.05, 0) is 41.0 Å². The van der Waals surface area contributed by atoms with Crippen LogP contribution in [-0.4, -0.2) is 35.1 Å². The quantitative estimate of drug-likeness (QED) is 0.627. The molecule has 0 aromatic heterocycles. The van der Waals surface area contributed by atoms with E-state index in [1.807, 2.05) is 60.7 Å². The number of allylic oxidation sites excluding steroid dienone is 1. The van der Waals surface area contributed by atoms with E-state index in [0.717, 1.165) is 16.0 Å². The first-order valence-electron chi connectivity index (χ1n) is 9.86. The van der Waals surface area contributed by atoms with E-state index in [2.05, 4.69) is 0 Å². The molecule has 0 fully saturated rings. The number of benzene rings is 2. The third kappa shape index (κ3) is 3.48. The molecule has 0 bridgehead atoms. The van der Waals surface area contributed by atoms with Gasteiger partial charge in [0.15, 0.2) is 0 Å². The zero-order chi connectivity index (χ0) is 21.3. The first-order chi connectivity index (χ1) is 14.5. The van der Waals surface area contributed by atoms with Crippen LogP contribution >= 0.6 is 0 Å². The van der Waals surface area contributed by atoms with Crippen LogP contribution in [0.25, 0.3) is 11.6 Å². The summed E-state index contributed by atoms with van der Waals surface area (Å²) >= 11 is 0. The van der Waals surface area contributed by atoms with Crippen LogP contribution in [0.5, 0.6) is 0 Å². The summed E-state index contributed by atoms with van der Waals surface area (Å²) in [4.78, 5) is 27.5. The highest BCUT2D eigenvalue weighted by molar-refractivity contribution is 6.14. The van der Waals surface area contributed by atoms with E-state index in [1.165, 1.54) is 7.11 Å². The monoisotopic (exact) mass is 401 g/mol. The number of rotatable bonds is 4. The van der Waals surface area contributed by atoms with Gasteiger partial charge in [-0.3, -0.25) is 4.79 Å². The molecule has 152 valence electrons. The normalized spacial score (nSPS) is 19.8. The van der Waals surface area contributed by atoms with Crippen molar-refractivity contribution in [3.05, 3.63) is 93.5 Å². The number of hydrogen-bond donors (Lipinski definition) is 1. The fourth-order valence-electron chi connectivity index (χ4n) is 4.00. The standard InChI is InChI=1S/C25H23NO4/c1-16-23(25(29)30-2)21(24(28)26(16)15-17-8-4-3-5-9-17)14-20-19-11-7-6-10-18(19)12-13-22(20)27/h3-12,14,22,27H,13,15H2,1-2H3. The summed E-state index contributed by atoms with van der Waals surface area (Å²) < 4.78 is 4.97. The molecular formula is C25H23NO4. The average molecular weight is 401 g/mol. The summed E-state index contributed by atoms with van der Waals surface area (Å²) in [7, 11) is 1.30. The van der Waals surface area contributed by atoms with Crippen molar-refractivity contribution in [2.75, 3.05) is 7.11 Å². The van der Waals surface area contributed by atoms with Crippen LogP contribution in [0.3, 0.4) is 0 Å². The number of ether oxygens (including phenoxy) is 1. The molecule has 0 saturated heterocycles. The Bertz CT molecular complexity index is 1190. The van der Waals surface area contributed by atoms with Crippen LogP contribution in [0.15, 0.2) is 77.5 Å². The van der Waals surface area contributed by atoms with Crippen molar-refractivity contribution in [3.63, 3.8) is 0 Å². The number of methoxy groups -OCH3 is 1. The van der Waals surface area contributed by atoms with Crippen molar-refractivity contribution >= 4 is 23.5 Å². The number of nitrogens with zero attached hydrogens (tertiary/aromatic N) is 1. The Kier molecular flexibility index (Phi) is 5.38. The molecule has 0 radical (unpaired) electrons. The van der Waals surface area contributed by atoms with Gasteiger partial charge >= 0.3 is 5.97 Å². The molecule has 2 aliphatic rings. The van der Waals surface area contributed by atoms with Crippen LogP contribution in [0.2, 0.25) is 0 Å². The molecule has 1 atom stereocenters. The van der Waals surface area contributed by atoms with Gasteiger partial charge in [-0.15, -0.1) is 0 Å². The third-order valence-electron chi connectivity index (χ3n) is 5.58. The summed E-state index contributed by atoms with van der Waals surface area (Å²) in [5.41, 5.74) is 2.63. The zero-order valence-corrected chi connectivity index (χ0v) is 17.0. The minimum absolute atomic E-state index is 0.241. The highest BCUT2D eigenvalue weighted by Gasteiger charge is 2.37. The van der Waals surface area contributed by atoms with Crippen LogP contribution in [0.4, 0.5) is 0 Å². The fraction of sp³-hybridized carbons (Fsp3) is 0.200. The molecule has 5 heteroatoms. The molecule has 1 N–H and O–H groups in total. The smallest absolute Gasteiger partial charge is 0.340 e. The molecule has 2 aromatic rings. The number of esters is 1. The maximum Gasteiger partial charge on any atom is 0.340 e.